The molecule has 0 spiro atoms. The molecular weight excluding hydrogens is 446 g/mol. The smallest absolute Gasteiger partial charge is 0.127 e. The normalized spacial score (nSPS) is 13.2. The number of methoxy groups -OCH3 is 1. The van der Waals surface area contributed by atoms with Gasteiger partial charge in [0.15, 0.2) is 0 Å². The lowest BCUT2D eigenvalue weighted by Crippen LogP contribution is -2.36. The lowest BCUT2D eigenvalue weighted by Gasteiger charge is -2.32. The number of nitrogens with zero attached hydrogens (tertiary/aromatic N) is 3. The fourth-order valence-electron chi connectivity index (χ4n) is 4.52. The Kier molecular flexibility index (Phi) is 8.31. The fraction of sp³-hybridized carbons (Fsp3) is 0.258. The quantitative estimate of drug-likeness (QED) is 0.304. The Bertz CT molecular complexity index is 1300. The van der Waals surface area contributed by atoms with Crippen LogP contribution in [0, 0.1) is 11.3 Å². The molecule has 3 aromatic rings. The molecule has 182 valence electrons. The molecule has 0 amide bonds. The van der Waals surface area contributed by atoms with E-state index in [9.17, 15) is 10.1 Å². The summed E-state index contributed by atoms with van der Waals surface area (Å²) in [7, 11) is 1.65. The van der Waals surface area contributed by atoms with E-state index in [1.165, 1.54) is 11.1 Å². The number of hydrogen-bond donors (Lipinski definition) is 0. The summed E-state index contributed by atoms with van der Waals surface area (Å²) in [6.07, 6.45) is 5.03. The van der Waals surface area contributed by atoms with Crippen LogP contribution in [0.3, 0.4) is 0 Å². The largest absolute Gasteiger partial charge is 0.497 e. The van der Waals surface area contributed by atoms with Gasteiger partial charge >= 0.3 is 0 Å². The molecule has 0 saturated carbocycles. The second-order valence-corrected chi connectivity index (χ2v) is 8.87. The third kappa shape index (κ3) is 5.72. The number of anilines is 1. The molecular formula is C31H31N3O2. The maximum Gasteiger partial charge on any atom is 0.127 e. The Balaban J connectivity index is 1.64. The van der Waals surface area contributed by atoms with Gasteiger partial charge in [-0.05, 0) is 71.9 Å². The van der Waals surface area contributed by atoms with Gasteiger partial charge in [-0.2, -0.15) is 5.26 Å². The van der Waals surface area contributed by atoms with Gasteiger partial charge in [0.05, 0.1) is 25.2 Å². The first-order valence-corrected chi connectivity index (χ1v) is 12.4. The number of carbonyl (C=O) groups excluding carboxylic acids is 1. The highest BCUT2D eigenvalue weighted by molar-refractivity contribution is 6.05. The molecule has 36 heavy (non-hydrogen) atoms. The van der Waals surface area contributed by atoms with Crippen LogP contribution in [0.5, 0.6) is 5.75 Å². The minimum atomic E-state index is 0.280. The minimum Gasteiger partial charge on any atom is -0.497 e. The van der Waals surface area contributed by atoms with Gasteiger partial charge in [0.2, 0.25) is 0 Å². The van der Waals surface area contributed by atoms with Crippen LogP contribution in [0.25, 0.3) is 11.1 Å². The topological polar surface area (TPSA) is 65.7 Å². The first-order valence-electron chi connectivity index (χ1n) is 12.4. The van der Waals surface area contributed by atoms with Crippen molar-refractivity contribution in [3.05, 3.63) is 95.2 Å². The van der Waals surface area contributed by atoms with Crippen LogP contribution in [0.2, 0.25) is 0 Å². The Hall–Kier alpha value is -4.17. The average Bonchev–Trinajstić information content (AvgIpc) is 2.93. The van der Waals surface area contributed by atoms with Crippen molar-refractivity contribution in [1.29, 1.82) is 5.26 Å². The zero-order valence-corrected chi connectivity index (χ0v) is 20.9. The molecule has 0 N–H and O–H groups in total. The predicted octanol–water partition coefficient (Wildman–Crippen LogP) is 6.73. The summed E-state index contributed by atoms with van der Waals surface area (Å²) in [6, 6.07) is 26.3. The van der Waals surface area contributed by atoms with Crippen molar-refractivity contribution < 1.29 is 9.53 Å². The van der Waals surface area contributed by atoms with Crippen LogP contribution < -0.4 is 9.64 Å². The third-order valence-corrected chi connectivity index (χ3v) is 6.48. The van der Waals surface area contributed by atoms with Gasteiger partial charge in [-0.15, -0.1) is 0 Å². The van der Waals surface area contributed by atoms with Gasteiger partial charge in [-0.25, -0.2) is 4.99 Å². The van der Waals surface area contributed by atoms with E-state index in [0.29, 0.717) is 12.1 Å². The van der Waals surface area contributed by atoms with E-state index in [0.717, 1.165) is 66.1 Å². The van der Waals surface area contributed by atoms with Crippen LogP contribution in [0.4, 0.5) is 5.69 Å². The highest BCUT2D eigenvalue weighted by atomic mass is 16.5. The first-order chi connectivity index (χ1) is 17.7. The maximum atomic E-state index is 11.5. The van der Waals surface area contributed by atoms with E-state index in [2.05, 4.69) is 42.2 Å². The second kappa shape index (κ2) is 12.0. The predicted molar refractivity (Wildman–Crippen MR) is 145 cm³/mol. The van der Waals surface area contributed by atoms with Crippen molar-refractivity contribution in [2.75, 3.05) is 18.6 Å². The highest BCUT2D eigenvalue weighted by Crippen LogP contribution is 2.30. The van der Waals surface area contributed by atoms with Crippen molar-refractivity contribution in [1.82, 2.24) is 0 Å². The summed E-state index contributed by atoms with van der Waals surface area (Å²) in [5, 5.41) is 9.46. The maximum absolute atomic E-state index is 11.5. The minimum absolute atomic E-state index is 0.280. The summed E-state index contributed by atoms with van der Waals surface area (Å²) in [5.41, 5.74) is 7.20. The van der Waals surface area contributed by atoms with Crippen LogP contribution in [0.1, 0.15) is 43.7 Å². The van der Waals surface area contributed by atoms with E-state index in [1.807, 2.05) is 48.5 Å². The lowest BCUT2D eigenvalue weighted by molar-refractivity contribution is -0.106. The standard InChI is InChI=1S/C31H31N3O2/c1-3-4-9-30-26(20-23-10-12-24(13-11-23)29-8-6-5-7-25(29)21-32)22-34(31(33-30)18-19-35)27-14-16-28(36-2)17-15-27/h5-8,10-17,19H,3-4,9,18,20,22H2,1-2H3. The van der Waals surface area contributed by atoms with E-state index >= 15 is 0 Å². The first kappa shape index (κ1) is 24.9. The van der Waals surface area contributed by atoms with E-state index in [1.54, 1.807) is 7.11 Å². The number of aliphatic imine (C=N–C) groups is 1. The summed E-state index contributed by atoms with van der Waals surface area (Å²) in [4.78, 5) is 18.6. The summed E-state index contributed by atoms with van der Waals surface area (Å²) in [5.74, 6) is 1.58. The van der Waals surface area contributed by atoms with Crippen LogP contribution in [-0.2, 0) is 11.2 Å². The summed E-state index contributed by atoms with van der Waals surface area (Å²) < 4.78 is 5.32. The third-order valence-electron chi connectivity index (χ3n) is 6.48. The fourth-order valence-corrected chi connectivity index (χ4v) is 4.52. The number of unbranched alkanes of at least 4 members (excludes halogenated alkanes) is 1. The molecule has 0 bridgehead atoms. The Morgan fingerprint density at radius 3 is 2.47 bits per heavy atom. The molecule has 0 aromatic heterocycles. The van der Waals surface area contributed by atoms with Crippen molar-refractivity contribution in [3.63, 3.8) is 0 Å². The number of aldehydes is 1. The van der Waals surface area contributed by atoms with Gasteiger partial charge in [-0.3, -0.25) is 0 Å². The molecule has 0 atom stereocenters. The number of ether oxygens (including phenoxy) is 1. The average molecular weight is 478 g/mol. The highest BCUT2D eigenvalue weighted by Gasteiger charge is 2.23. The monoisotopic (exact) mass is 477 g/mol. The van der Waals surface area contributed by atoms with Crippen molar-refractivity contribution >= 4 is 17.8 Å². The Labute approximate surface area is 213 Å². The molecule has 1 aliphatic rings. The number of nitriles is 1. The molecule has 0 unspecified atom stereocenters. The molecule has 5 heteroatoms. The van der Waals surface area contributed by atoms with Crippen molar-refractivity contribution in [3.8, 4) is 22.9 Å². The van der Waals surface area contributed by atoms with Gasteiger partial charge in [0.1, 0.15) is 17.9 Å². The van der Waals surface area contributed by atoms with E-state index < -0.39 is 0 Å². The molecule has 1 heterocycles. The SMILES string of the molecule is CCCCC1=C(Cc2ccc(-c3ccccc3C#N)cc2)CN(c2ccc(OC)cc2)C(CC=O)=N1. The zero-order chi connectivity index (χ0) is 25.3. The number of allylic oxidation sites excluding steroid dienone is 1. The Morgan fingerprint density at radius 1 is 1.06 bits per heavy atom. The van der Waals surface area contributed by atoms with E-state index in [4.69, 9.17) is 9.73 Å². The van der Waals surface area contributed by atoms with Crippen molar-refractivity contribution in [2.45, 2.75) is 39.0 Å². The van der Waals surface area contributed by atoms with E-state index in [-0.39, 0.29) is 6.42 Å². The zero-order valence-electron chi connectivity index (χ0n) is 20.9. The summed E-state index contributed by atoms with van der Waals surface area (Å²) in [6.45, 7) is 2.87. The number of carbonyl (C=O) groups is 1. The second-order valence-electron chi connectivity index (χ2n) is 8.87. The molecule has 0 fully saturated rings. The molecule has 4 rings (SSSR count). The van der Waals surface area contributed by atoms with Gasteiger partial charge < -0.3 is 14.4 Å². The van der Waals surface area contributed by atoms with Crippen LogP contribution in [-0.4, -0.2) is 25.8 Å². The summed E-state index contributed by atoms with van der Waals surface area (Å²) >= 11 is 0. The Morgan fingerprint density at radius 2 is 1.81 bits per heavy atom. The van der Waals surface area contributed by atoms with Crippen molar-refractivity contribution in [2.24, 2.45) is 4.99 Å². The number of benzene rings is 3. The molecule has 0 aliphatic carbocycles. The number of hydrogen-bond acceptors (Lipinski definition) is 5. The number of amidine groups is 1. The van der Waals surface area contributed by atoms with Crippen LogP contribution >= 0.6 is 0 Å². The number of rotatable bonds is 10. The molecule has 1 aliphatic heterocycles. The lowest BCUT2D eigenvalue weighted by atomic mass is 9.95. The van der Waals surface area contributed by atoms with Gasteiger partial charge in [0, 0.05) is 17.9 Å². The van der Waals surface area contributed by atoms with Gasteiger partial charge in [0.25, 0.3) is 0 Å². The van der Waals surface area contributed by atoms with Gasteiger partial charge in [-0.1, -0.05) is 55.8 Å². The molecule has 0 saturated heterocycles. The molecule has 3 aromatic carbocycles. The molecule has 0 radical (unpaired) electrons. The molecule has 5 nitrogen and oxygen atoms in total. The van der Waals surface area contributed by atoms with Crippen LogP contribution in [0.15, 0.2) is 89.1 Å².